The predicted octanol–water partition coefficient (Wildman–Crippen LogP) is 1.86. The van der Waals surface area contributed by atoms with Gasteiger partial charge in [0.15, 0.2) is 0 Å². The number of likely N-dealkylation sites (tertiary alicyclic amines) is 1. The van der Waals surface area contributed by atoms with Gasteiger partial charge in [-0.1, -0.05) is 0 Å². The van der Waals surface area contributed by atoms with Crippen molar-refractivity contribution in [1.82, 2.24) is 4.90 Å². The van der Waals surface area contributed by atoms with Crippen molar-refractivity contribution >= 4 is 5.84 Å². The second-order valence-corrected chi connectivity index (χ2v) is 3.87. The molecule has 0 amide bonds. The van der Waals surface area contributed by atoms with Crippen LogP contribution in [0.4, 0.5) is 0 Å². The van der Waals surface area contributed by atoms with E-state index in [1.165, 1.54) is 0 Å². The molecule has 10 heavy (non-hydrogen) atoms. The van der Waals surface area contributed by atoms with E-state index in [0.717, 1.165) is 25.2 Å². The van der Waals surface area contributed by atoms with Gasteiger partial charge in [0.1, 0.15) is 0 Å². The summed E-state index contributed by atoms with van der Waals surface area (Å²) in [5.74, 6) is 0.813. The summed E-state index contributed by atoms with van der Waals surface area (Å²) in [6.07, 6.45) is 2.13. The van der Waals surface area contributed by atoms with Gasteiger partial charge in [0.05, 0.1) is 5.84 Å². The summed E-state index contributed by atoms with van der Waals surface area (Å²) in [6, 6.07) is 0. The van der Waals surface area contributed by atoms with Gasteiger partial charge in [0.25, 0.3) is 0 Å². The molecule has 0 saturated carbocycles. The van der Waals surface area contributed by atoms with Gasteiger partial charge in [-0.3, -0.25) is 5.41 Å². The Hall–Kier alpha value is -0.530. The number of amidine groups is 1. The van der Waals surface area contributed by atoms with Crippen LogP contribution < -0.4 is 0 Å². The number of nitrogens with zero attached hydrogens (tertiary/aromatic N) is 1. The normalized spacial score (nSPS) is 20.3. The molecule has 58 valence electrons. The maximum atomic E-state index is 7.59. The zero-order valence-electron chi connectivity index (χ0n) is 7.07. The summed E-state index contributed by atoms with van der Waals surface area (Å²) in [5.41, 5.74) is 0.160. The molecule has 0 unspecified atom stereocenters. The Morgan fingerprint density at radius 3 is 2.20 bits per heavy atom. The lowest BCUT2D eigenvalue weighted by Crippen LogP contribution is -2.41. The van der Waals surface area contributed by atoms with Crippen LogP contribution >= 0.6 is 0 Å². The van der Waals surface area contributed by atoms with Crippen LogP contribution in [0.15, 0.2) is 0 Å². The standard InChI is InChI=1S/C8H16N2/c1-8(2,3)10-6-4-5-7(10)9/h9H,4-6H2,1-3H3. The maximum Gasteiger partial charge on any atom is 0.0962 e. The molecular formula is C8H16N2. The summed E-state index contributed by atoms with van der Waals surface area (Å²) in [6.45, 7) is 7.55. The Kier molecular flexibility index (Phi) is 1.71. The Morgan fingerprint density at radius 2 is 2.00 bits per heavy atom. The third-order valence-corrected chi connectivity index (χ3v) is 1.93. The van der Waals surface area contributed by atoms with Gasteiger partial charge in [-0.05, 0) is 27.2 Å². The summed E-state index contributed by atoms with van der Waals surface area (Å²) >= 11 is 0. The van der Waals surface area contributed by atoms with E-state index in [1.54, 1.807) is 0 Å². The van der Waals surface area contributed by atoms with E-state index < -0.39 is 0 Å². The highest BCUT2D eigenvalue weighted by Crippen LogP contribution is 2.20. The molecule has 0 radical (unpaired) electrons. The van der Waals surface area contributed by atoms with Crippen LogP contribution in [0, 0.1) is 5.41 Å². The molecule has 0 aliphatic carbocycles. The molecule has 1 heterocycles. The molecule has 2 heteroatoms. The molecule has 2 nitrogen and oxygen atoms in total. The first-order chi connectivity index (χ1) is 4.52. The fourth-order valence-electron chi connectivity index (χ4n) is 1.41. The molecule has 1 rings (SSSR count). The lowest BCUT2D eigenvalue weighted by atomic mass is 10.1. The molecule has 0 spiro atoms. The van der Waals surface area contributed by atoms with E-state index in [9.17, 15) is 0 Å². The summed E-state index contributed by atoms with van der Waals surface area (Å²) < 4.78 is 0. The quantitative estimate of drug-likeness (QED) is 0.546. The summed E-state index contributed by atoms with van der Waals surface area (Å²) in [7, 11) is 0. The second-order valence-electron chi connectivity index (χ2n) is 3.87. The topological polar surface area (TPSA) is 27.1 Å². The molecule has 1 aliphatic rings. The molecule has 0 bridgehead atoms. The van der Waals surface area contributed by atoms with Crippen molar-refractivity contribution in [3.05, 3.63) is 0 Å². The number of hydrogen-bond acceptors (Lipinski definition) is 1. The highest BCUT2D eigenvalue weighted by molar-refractivity contribution is 5.81. The van der Waals surface area contributed by atoms with Crippen LogP contribution in [0.1, 0.15) is 33.6 Å². The largest absolute Gasteiger partial charge is 0.356 e. The Labute approximate surface area is 62.7 Å². The number of rotatable bonds is 0. The molecule has 1 fully saturated rings. The van der Waals surface area contributed by atoms with Crippen LogP contribution in [0.25, 0.3) is 0 Å². The van der Waals surface area contributed by atoms with E-state index in [1.807, 2.05) is 0 Å². The van der Waals surface area contributed by atoms with Crippen molar-refractivity contribution in [2.24, 2.45) is 0 Å². The molecule has 1 aliphatic heterocycles. The lowest BCUT2D eigenvalue weighted by Gasteiger charge is -2.33. The van der Waals surface area contributed by atoms with E-state index in [4.69, 9.17) is 5.41 Å². The van der Waals surface area contributed by atoms with Crippen molar-refractivity contribution in [3.8, 4) is 0 Å². The Bertz CT molecular complexity index is 144. The van der Waals surface area contributed by atoms with Crippen molar-refractivity contribution in [1.29, 1.82) is 5.41 Å². The molecule has 0 aromatic carbocycles. The fourth-order valence-corrected chi connectivity index (χ4v) is 1.41. The minimum atomic E-state index is 0.160. The van der Waals surface area contributed by atoms with Gasteiger partial charge in [0, 0.05) is 18.5 Å². The first-order valence-electron chi connectivity index (χ1n) is 3.87. The highest BCUT2D eigenvalue weighted by Gasteiger charge is 2.26. The minimum Gasteiger partial charge on any atom is -0.356 e. The van der Waals surface area contributed by atoms with Gasteiger partial charge in [-0.2, -0.15) is 0 Å². The summed E-state index contributed by atoms with van der Waals surface area (Å²) in [4.78, 5) is 2.17. The van der Waals surface area contributed by atoms with E-state index >= 15 is 0 Å². The van der Waals surface area contributed by atoms with E-state index in [-0.39, 0.29) is 5.54 Å². The SMILES string of the molecule is CC(C)(C)N1CCCC1=N. The molecular weight excluding hydrogens is 124 g/mol. The molecule has 1 N–H and O–H groups in total. The second kappa shape index (κ2) is 2.26. The third-order valence-electron chi connectivity index (χ3n) is 1.93. The Morgan fingerprint density at radius 1 is 1.40 bits per heavy atom. The monoisotopic (exact) mass is 140 g/mol. The van der Waals surface area contributed by atoms with Crippen LogP contribution in [0.5, 0.6) is 0 Å². The van der Waals surface area contributed by atoms with Crippen LogP contribution in [-0.4, -0.2) is 22.8 Å². The zero-order valence-corrected chi connectivity index (χ0v) is 7.07. The average molecular weight is 140 g/mol. The number of nitrogens with one attached hydrogen (secondary N) is 1. The molecule has 0 atom stereocenters. The van der Waals surface area contributed by atoms with E-state index in [2.05, 4.69) is 25.7 Å². The molecule has 0 aromatic rings. The van der Waals surface area contributed by atoms with Crippen LogP contribution in [0.3, 0.4) is 0 Å². The lowest BCUT2D eigenvalue weighted by molar-refractivity contribution is 0.254. The minimum absolute atomic E-state index is 0.160. The summed E-state index contributed by atoms with van der Waals surface area (Å²) in [5, 5.41) is 7.59. The van der Waals surface area contributed by atoms with Gasteiger partial charge in [-0.15, -0.1) is 0 Å². The van der Waals surface area contributed by atoms with Crippen molar-refractivity contribution in [2.45, 2.75) is 39.2 Å². The van der Waals surface area contributed by atoms with Crippen molar-refractivity contribution in [2.75, 3.05) is 6.54 Å². The maximum absolute atomic E-state index is 7.59. The van der Waals surface area contributed by atoms with Crippen molar-refractivity contribution in [3.63, 3.8) is 0 Å². The predicted molar refractivity (Wildman–Crippen MR) is 43.4 cm³/mol. The average Bonchev–Trinajstić information content (AvgIpc) is 2.11. The zero-order chi connectivity index (χ0) is 7.78. The van der Waals surface area contributed by atoms with Crippen molar-refractivity contribution < 1.29 is 0 Å². The molecule has 0 aromatic heterocycles. The van der Waals surface area contributed by atoms with Gasteiger partial charge >= 0.3 is 0 Å². The first-order valence-corrected chi connectivity index (χ1v) is 3.87. The van der Waals surface area contributed by atoms with Crippen LogP contribution in [0.2, 0.25) is 0 Å². The molecule has 1 saturated heterocycles. The third kappa shape index (κ3) is 1.31. The smallest absolute Gasteiger partial charge is 0.0962 e. The Balaban J connectivity index is 2.64. The van der Waals surface area contributed by atoms with Gasteiger partial charge in [0.2, 0.25) is 0 Å². The number of hydrogen-bond donors (Lipinski definition) is 1. The van der Waals surface area contributed by atoms with Gasteiger partial charge < -0.3 is 4.90 Å². The highest BCUT2D eigenvalue weighted by atomic mass is 15.2. The van der Waals surface area contributed by atoms with Gasteiger partial charge in [-0.25, -0.2) is 0 Å². The first kappa shape index (κ1) is 7.58. The van der Waals surface area contributed by atoms with Crippen LogP contribution in [-0.2, 0) is 0 Å². The van der Waals surface area contributed by atoms with E-state index in [0.29, 0.717) is 0 Å². The fraction of sp³-hybridized carbons (Fsp3) is 0.875.